The summed E-state index contributed by atoms with van der Waals surface area (Å²) in [5.41, 5.74) is 0.933. The van der Waals surface area contributed by atoms with Gasteiger partial charge in [0.25, 0.3) is 0 Å². The highest BCUT2D eigenvalue weighted by Gasteiger charge is 2.23. The summed E-state index contributed by atoms with van der Waals surface area (Å²) >= 11 is 5.49. The third kappa shape index (κ3) is 8.77. The summed E-state index contributed by atoms with van der Waals surface area (Å²) in [4.78, 5) is 24.0. The Morgan fingerprint density at radius 1 is 1.08 bits per heavy atom. The highest BCUT2D eigenvalue weighted by Crippen LogP contribution is 2.06. The highest BCUT2D eigenvalue weighted by atomic mass is 35.5. The van der Waals surface area contributed by atoms with Gasteiger partial charge in [0.15, 0.2) is 0 Å². The van der Waals surface area contributed by atoms with Crippen LogP contribution in [0, 0.1) is 0 Å². The Hall–Kier alpha value is -1.75. The van der Waals surface area contributed by atoms with E-state index >= 15 is 0 Å². The lowest BCUT2D eigenvalue weighted by molar-refractivity contribution is -0.146. The van der Waals surface area contributed by atoms with Crippen molar-refractivity contribution in [3.63, 3.8) is 0 Å². The molecule has 0 fully saturated rings. The predicted molar refractivity (Wildman–Crippen MR) is 94.2 cm³/mol. The fraction of sp³-hybridized carbons (Fsp3) is 0.556. The van der Waals surface area contributed by atoms with Crippen LogP contribution in [-0.2, 0) is 20.7 Å². The Morgan fingerprint density at radius 2 is 1.83 bits per heavy atom. The van der Waals surface area contributed by atoms with Crippen LogP contribution in [0.25, 0.3) is 0 Å². The van der Waals surface area contributed by atoms with Gasteiger partial charge in [0.2, 0.25) is 0 Å². The molecule has 1 aromatic rings. The summed E-state index contributed by atoms with van der Waals surface area (Å²) < 4.78 is 10.2. The number of rotatable bonds is 11. The Kier molecular flexibility index (Phi) is 10.7. The molecule has 0 aliphatic heterocycles. The van der Waals surface area contributed by atoms with Gasteiger partial charge in [-0.05, 0) is 12.0 Å². The lowest BCUT2D eigenvalue weighted by Gasteiger charge is -2.17. The lowest BCUT2D eigenvalue weighted by atomic mass is 10.1. The molecule has 1 rings (SSSR count). The van der Waals surface area contributed by atoms with Crippen LogP contribution in [0.5, 0.6) is 0 Å². The fourth-order valence-corrected chi connectivity index (χ4v) is 2.24. The molecule has 134 valence electrons. The number of carbonyl (C=O) groups excluding carboxylic acids is 2. The lowest BCUT2D eigenvalue weighted by Crippen LogP contribution is -2.43. The van der Waals surface area contributed by atoms with Gasteiger partial charge in [-0.15, -0.1) is 11.6 Å². The van der Waals surface area contributed by atoms with Gasteiger partial charge in [0.05, 0.1) is 12.5 Å². The van der Waals surface area contributed by atoms with Crippen molar-refractivity contribution in [3.8, 4) is 0 Å². The van der Waals surface area contributed by atoms with Gasteiger partial charge >= 0.3 is 12.1 Å². The molecule has 1 aromatic carbocycles. The molecular weight excluding hydrogens is 330 g/mol. The van der Waals surface area contributed by atoms with E-state index in [2.05, 4.69) is 12.2 Å². The number of alkyl halides is 1. The van der Waals surface area contributed by atoms with Gasteiger partial charge in [-0.3, -0.25) is 0 Å². The van der Waals surface area contributed by atoms with Gasteiger partial charge in [0, 0.05) is 6.42 Å². The van der Waals surface area contributed by atoms with E-state index in [4.69, 9.17) is 21.1 Å². The number of hydrogen-bond acceptors (Lipinski definition) is 4. The number of carbonyl (C=O) groups is 2. The van der Waals surface area contributed by atoms with Crippen LogP contribution in [0.4, 0.5) is 4.79 Å². The second-order valence-electron chi connectivity index (χ2n) is 5.44. The average molecular weight is 356 g/mol. The Balaban J connectivity index is 2.55. The van der Waals surface area contributed by atoms with E-state index in [1.54, 1.807) is 0 Å². The normalized spacial score (nSPS) is 11.6. The van der Waals surface area contributed by atoms with Crippen molar-refractivity contribution >= 4 is 23.7 Å². The number of esters is 1. The molecule has 1 amide bonds. The second-order valence-corrected chi connectivity index (χ2v) is 5.82. The van der Waals surface area contributed by atoms with Crippen molar-refractivity contribution in [2.75, 3.05) is 19.1 Å². The number of ether oxygens (including phenoxy) is 2. The van der Waals surface area contributed by atoms with E-state index in [1.165, 1.54) is 0 Å². The first kappa shape index (κ1) is 20.3. The Bertz CT molecular complexity index is 481. The van der Waals surface area contributed by atoms with Gasteiger partial charge in [0.1, 0.15) is 12.6 Å². The van der Waals surface area contributed by atoms with Crippen LogP contribution in [0.1, 0.15) is 38.2 Å². The predicted octanol–water partition coefficient (Wildman–Crippen LogP) is 3.69. The van der Waals surface area contributed by atoms with Crippen LogP contribution in [-0.4, -0.2) is 37.2 Å². The quantitative estimate of drug-likeness (QED) is 0.373. The molecule has 5 nitrogen and oxygen atoms in total. The molecule has 0 aliphatic carbocycles. The number of unbranched alkanes of at least 4 members (excludes halogenated alkanes) is 3. The number of nitrogens with one attached hydrogen (secondary N) is 1. The first-order valence-electron chi connectivity index (χ1n) is 8.37. The van der Waals surface area contributed by atoms with Crippen LogP contribution in [0.15, 0.2) is 30.3 Å². The van der Waals surface area contributed by atoms with Crippen molar-refractivity contribution in [3.05, 3.63) is 35.9 Å². The zero-order valence-electron chi connectivity index (χ0n) is 14.1. The monoisotopic (exact) mass is 355 g/mol. The molecule has 0 radical (unpaired) electrons. The summed E-state index contributed by atoms with van der Waals surface area (Å²) in [6.07, 6.45) is 3.78. The maximum Gasteiger partial charge on any atom is 0.407 e. The van der Waals surface area contributed by atoms with Crippen molar-refractivity contribution in [1.82, 2.24) is 5.32 Å². The van der Waals surface area contributed by atoms with Gasteiger partial charge in [-0.2, -0.15) is 0 Å². The maximum absolute atomic E-state index is 12.3. The summed E-state index contributed by atoms with van der Waals surface area (Å²) in [7, 11) is 0. The largest absolute Gasteiger partial charge is 0.464 e. The molecule has 0 aromatic heterocycles. The zero-order valence-corrected chi connectivity index (χ0v) is 14.9. The molecule has 1 unspecified atom stereocenters. The third-order valence-corrected chi connectivity index (χ3v) is 3.57. The molecule has 0 heterocycles. The Morgan fingerprint density at radius 3 is 2.50 bits per heavy atom. The van der Waals surface area contributed by atoms with Crippen molar-refractivity contribution in [2.24, 2.45) is 0 Å². The van der Waals surface area contributed by atoms with Crippen molar-refractivity contribution in [1.29, 1.82) is 0 Å². The SMILES string of the molecule is CCCCCCOC(=O)C(Cc1ccccc1)NC(=O)OCCCl. The first-order chi connectivity index (χ1) is 11.7. The minimum atomic E-state index is -0.776. The number of benzene rings is 1. The van der Waals surface area contributed by atoms with Crippen molar-refractivity contribution in [2.45, 2.75) is 45.1 Å². The van der Waals surface area contributed by atoms with Crippen LogP contribution in [0.3, 0.4) is 0 Å². The van der Waals surface area contributed by atoms with Crippen molar-refractivity contribution < 1.29 is 19.1 Å². The number of amides is 1. The summed E-state index contributed by atoms with van der Waals surface area (Å²) in [6, 6.07) is 8.68. The molecule has 1 atom stereocenters. The molecule has 0 bridgehead atoms. The van der Waals surface area contributed by atoms with E-state index < -0.39 is 18.1 Å². The Labute approximate surface area is 148 Å². The average Bonchev–Trinajstić information content (AvgIpc) is 2.60. The second kappa shape index (κ2) is 12.6. The molecular formula is C18H26ClNO4. The maximum atomic E-state index is 12.3. The highest BCUT2D eigenvalue weighted by molar-refractivity contribution is 6.18. The van der Waals surface area contributed by atoms with E-state index in [0.717, 1.165) is 31.2 Å². The molecule has 0 aliphatic rings. The topological polar surface area (TPSA) is 64.6 Å². The van der Waals surface area contributed by atoms with E-state index in [-0.39, 0.29) is 12.5 Å². The molecule has 24 heavy (non-hydrogen) atoms. The standard InChI is InChI=1S/C18H26ClNO4/c1-2-3-4-8-12-23-17(21)16(20-18(22)24-13-11-19)14-15-9-6-5-7-10-15/h5-7,9-10,16H,2-4,8,11-14H2,1H3,(H,20,22). The minimum absolute atomic E-state index is 0.0948. The minimum Gasteiger partial charge on any atom is -0.464 e. The van der Waals surface area contributed by atoms with E-state index in [9.17, 15) is 9.59 Å². The summed E-state index contributed by atoms with van der Waals surface area (Å²) in [5, 5.41) is 2.56. The fourth-order valence-electron chi connectivity index (χ4n) is 2.16. The number of alkyl carbamates (subject to hydrolysis) is 1. The van der Waals surface area contributed by atoms with E-state index in [0.29, 0.717) is 13.0 Å². The summed E-state index contributed by atoms with van der Waals surface area (Å²) in [5.74, 6) is -0.239. The summed E-state index contributed by atoms with van der Waals surface area (Å²) in [6.45, 7) is 2.58. The van der Waals surface area contributed by atoms with Gasteiger partial charge < -0.3 is 14.8 Å². The third-order valence-electron chi connectivity index (χ3n) is 3.41. The van der Waals surface area contributed by atoms with Crippen LogP contribution < -0.4 is 5.32 Å². The molecule has 0 saturated carbocycles. The molecule has 6 heteroatoms. The van der Waals surface area contributed by atoms with Crippen LogP contribution >= 0.6 is 11.6 Å². The molecule has 1 N–H and O–H groups in total. The molecule has 0 saturated heterocycles. The van der Waals surface area contributed by atoms with Gasteiger partial charge in [-0.25, -0.2) is 9.59 Å². The number of hydrogen-bond donors (Lipinski definition) is 1. The van der Waals surface area contributed by atoms with Gasteiger partial charge in [-0.1, -0.05) is 56.5 Å². The number of halogens is 1. The van der Waals surface area contributed by atoms with E-state index in [1.807, 2.05) is 30.3 Å². The smallest absolute Gasteiger partial charge is 0.407 e. The van der Waals surface area contributed by atoms with Crippen LogP contribution in [0.2, 0.25) is 0 Å². The first-order valence-corrected chi connectivity index (χ1v) is 8.90. The molecule has 0 spiro atoms. The zero-order chi connectivity index (χ0) is 17.6.